The van der Waals surface area contributed by atoms with Crippen molar-refractivity contribution in [3.05, 3.63) is 12.2 Å². The van der Waals surface area contributed by atoms with Crippen molar-refractivity contribution in [1.82, 2.24) is 0 Å². The number of rotatable bonds is 17. The molecule has 0 saturated heterocycles. The molecule has 0 aromatic rings. The SMILES string of the molecule is CCCCCCCC/C=C\CCCCCCC(CCC)C(=O)OC. The van der Waals surface area contributed by atoms with E-state index in [1.165, 1.54) is 77.7 Å². The molecule has 0 aromatic carbocycles. The van der Waals surface area contributed by atoms with Gasteiger partial charge in [-0.1, -0.05) is 83.8 Å². The van der Waals surface area contributed by atoms with Gasteiger partial charge in [-0.05, 0) is 38.5 Å². The van der Waals surface area contributed by atoms with Crippen LogP contribution in [0, 0.1) is 5.92 Å². The minimum atomic E-state index is -0.0190. The van der Waals surface area contributed by atoms with Crippen LogP contribution < -0.4 is 0 Å². The van der Waals surface area contributed by atoms with Gasteiger partial charge in [-0.25, -0.2) is 0 Å². The van der Waals surface area contributed by atoms with Gasteiger partial charge in [0, 0.05) is 0 Å². The average molecular weight is 339 g/mol. The van der Waals surface area contributed by atoms with Gasteiger partial charge in [0.05, 0.1) is 13.0 Å². The molecule has 0 bridgehead atoms. The summed E-state index contributed by atoms with van der Waals surface area (Å²) in [5, 5.41) is 0. The Morgan fingerprint density at radius 2 is 1.29 bits per heavy atom. The summed E-state index contributed by atoms with van der Waals surface area (Å²) in [6.45, 7) is 4.40. The summed E-state index contributed by atoms with van der Waals surface area (Å²) in [5.74, 6) is 0.103. The van der Waals surface area contributed by atoms with E-state index >= 15 is 0 Å². The third kappa shape index (κ3) is 14.8. The van der Waals surface area contributed by atoms with Gasteiger partial charge in [0.2, 0.25) is 0 Å². The molecule has 0 rings (SSSR count). The highest BCUT2D eigenvalue weighted by Crippen LogP contribution is 2.18. The van der Waals surface area contributed by atoms with E-state index in [0.717, 1.165) is 25.7 Å². The molecule has 0 fully saturated rings. The second-order valence-electron chi connectivity index (χ2n) is 7.03. The number of hydrogen-bond acceptors (Lipinski definition) is 2. The van der Waals surface area contributed by atoms with Crippen molar-refractivity contribution in [2.24, 2.45) is 5.92 Å². The minimum absolute atomic E-state index is 0.0190. The molecule has 0 amide bonds. The average Bonchev–Trinajstić information content (AvgIpc) is 2.60. The molecule has 0 aromatic heterocycles. The number of unbranched alkanes of at least 4 members (excludes halogenated alkanes) is 10. The van der Waals surface area contributed by atoms with Gasteiger partial charge in [-0.3, -0.25) is 4.79 Å². The zero-order chi connectivity index (χ0) is 17.9. The lowest BCUT2D eigenvalue weighted by molar-refractivity contribution is -0.146. The summed E-state index contributed by atoms with van der Waals surface area (Å²) in [6, 6.07) is 0. The van der Waals surface area contributed by atoms with E-state index in [0.29, 0.717) is 0 Å². The van der Waals surface area contributed by atoms with E-state index in [1.807, 2.05) is 0 Å². The lowest BCUT2D eigenvalue weighted by atomic mass is 9.96. The van der Waals surface area contributed by atoms with Crippen LogP contribution in [-0.4, -0.2) is 13.1 Å². The van der Waals surface area contributed by atoms with Crippen molar-refractivity contribution in [1.29, 1.82) is 0 Å². The fraction of sp³-hybridized carbons (Fsp3) is 0.864. The number of hydrogen-bond donors (Lipinski definition) is 0. The van der Waals surface area contributed by atoms with E-state index in [4.69, 9.17) is 4.74 Å². The molecule has 142 valence electrons. The van der Waals surface area contributed by atoms with Gasteiger partial charge in [0.1, 0.15) is 0 Å². The molecule has 2 nitrogen and oxygen atoms in total. The minimum Gasteiger partial charge on any atom is -0.469 e. The maximum absolute atomic E-state index is 11.6. The first kappa shape index (κ1) is 23.2. The maximum Gasteiger partial charge on any atom is 0.308 e. The van der Waals surface area contributed by atoms with E-state index < -0.39 is 0 Å². The highest BCUT2D eigenvalue weighted by atomic mass is 16.5. The highest BCUT2D eigenvalue weighted by Gasteiger charge is 2.17. The Hall–Kier alpha value is -0.790. The first-order valence-corrected chi connectivity index (χ1v) is 10.5. The molecular formula is C22H42O2. The summed E-state index contributed by atoms with van der Waals surface area (Å²) in [5.41, 5.74) is 0. The first-order chi connectivity index (χ1) is 11.8. The van der Waals surface area contributed by atoms with Gasteiger partial charge >= 0.3 is 5.97 Å². The number of allylic oxidation sites excluding steroid dienone is 2. The van der Waals surface area contributed by atoms with Crippen molar-refractivity contribution < 1.29 is 9.53 Å². The lowest BCUT2D eigenvalue weighted by Crippen LogP contribution is -2.15. The molecule has 0 heterocycles. The van der Waals surface area contributed by atoms with Crippen LogP contribution in [0.1, 0.15) is 110 Å². The van der Waals surface area contributed by atoms with Crippen LogP contribution in [0.4, 0.5) is 0 Å². The van der Waals surface area contributed by atoms with Crippen LogP contribution in [0.2, 0.25) is 0 Å². The Kier molecular flexibility index (Phi) is 17.9. The fourth-order valence-corrected chi connectivity index (χ4v) is 3.18. The van der Waals surface area contributed by atoms with Crippen molar-refractivity contribution in [3.63, 3.8) is 0 Å². The van der Waals surface area contributed by atoms with Gasteiger partial charge in [-0.15, -0.1) is 0 Å². The summed E-state index contributed by atoms with van der Waals surface area (Å²) in [7, 11) is 1.50. The molecule has 0 aliphatic carbocycles. The Labute approximate surface area is 151 Å². The van der Waals surface area contributed by atoms with Crippen molar-refractivity contribution in [2.75, 3.05) is 7.11 Å². The zero-order valence-corrected chi connectivity index (χ0v) is 16.7. The van der Waals surface area contributed by atoms with E-state index in [1.54, 1.807) is 0 Å². The van der Waals surface area contributed by atoms with Crippen molar-refractivity contribution in [3.8, 4) is 0 Å². The van der Waals surface area contributed by atoms with Crippen LogP contribution in [0.3, 0.4) is 0 Å². The summed E-state index contributed by atoms with van der Waals surface area (Å²) in [6.07, 6.45) is 23.5. The van der Waals surface area contributed by atoms with E-state index in [9.17, 15) is 4.79 Å². The Bertz CT molecular complexity index is 296. The molecule has 24 heavy (non-hydrogen) atoms. The molecule has 0 radical (unpaired) electrons. The standard InChI is InChI=1S/C22H42O2/c1-4-6-7-8-9-10-11-12-13-14-15-16-17-18-20-21(19-5-2)22(23)24-3/h12-13,21H,4-11,14-20H2,1-3H3/b13-12-. The lowest BCUT2D eigenvalue weighted by Gasteiger charge is -2.13. The van der Waals surface area contributed by atoms with Crippen LogP contribution in [0.25, 0.3) is 0 Å². The third-order valence-corrected chi connectivity index (χ3v) is 4.74. The van der Waals surface area contributed by atoms with Crippen LogP contribution in [0.5, 0.6) is 0 Å². The van der Waals surface area contributed by atoms with Crippen LogP contribution >= 0.6 is 0 Å². The van der Waals surface area contributed by atoms with Crippen LogP contribution in [0.15, 0.2) is 12.2 Å². The highest BCUT2D eigenvalue weighted by molar-refractivity contribution is 5.72. The number of methoxy groups -OCH3 is 1. The number of ether oxygens (including phenoxy) is 1. The molecule has 2 heteroatoms. The van der Waals surface area contributed by atoms with E-state index in [-0.39, 0.29) is 11.9 Å². The largest absolute Gasteiger partial charge is 0.469 e. The molecule has 0 aliphatic heterocycles. The Morgan fingerprint density at radius 1 is 0.750 bits per heavy atom. The van der Waals surface area contributed by atoms with E-state index in [2.05, 4.69) is 26.0 Å². The molecule has 0 N–H and O–H groups in total. The molecule has 0 saturated carbocycles. The predicted molar refractivity (Wildman–Crippen MR) is 105 cm³/mol. The van der Waals surface area contributed by atoms with Gasteiger partial charge in [0.25, 0.3) is 0 Å². The first-order valence-electron chi connectivity index (χ1n) is 10.5. The summed E-state index contributed by atoms with van der Waals surface area (Å²) >= 11 is 0. The second kappa shape index (κ2) is 18.5. The molecule has 0 aliphatic rings. The number of carbonyl (C=O) groups is 1. The molecule has 0 spiro atoms. The van der Waals surface area contributed by atoms with Gasteiger partial charge in [0.15, 0.2) is 0 Å². The summed E-state index contributed by atoms with van der Waals surface area (Å²) in [4.78, 5) is 11.6. The second-order valence-corrected chi connectivity index (χ2v) is 7.03. The van der Waals surface area contributed by atoms with Gasteiger partial charge in [-0.2, -0.15) is 0 Å². The predicted octanol–water partition coefficient (Wildman–Crippen LogP) is 7.22. The molecular weight excluding hydrogens is 296 g/mol. The molecule has 1 unspecified atom stereocenters. The quantitative estimate of drug-likeness (QED) is 0.159. The third-order valence-electron chi connectivity index (χ3n) is 4.74. The number of esters is 1. The number of carbonyl (C=O) groups excluding carboxylic acids is 1. The monoisotopic (exact) mass is 338 g/mol. The molecule has 1 atom stereocenters. The van der Waals surface area contributed by atoms with Gasteiger partial charge < -0.3 is 4.74 Å². The zero-order valence-electron chi connectivity index (χ0n) is 16.7. The van der Waals surface area contributed by atoms with Crippen molar-refractivity contribution in [2.45, 2.75) is 110 Å². The maximum atomic E-state index is 11.6. The fourth-order valence-electron chi connectivity index (χ4n) is 3.18. The summed E-state index contributed by atoms with van der Waals surface area (Å²) < 4.78 is 4.89. The topological polar surface area (TPSA) is 26.3 Å². The van der Waals surface area contributed by atoms with Crippen LogP contribution in [-0.2, 0) is 9.53 Å². The smallest absolute Gasteiger partial charge is 0.308 e. The van der Waals surface area contributed by atoms with Crippen molar-refractivity contribution >= 4 is 5.97 Å². The Balaban J connectivity index is 3.40. The Morgan fingerprint density at radius 3 is 1.83 bits per heavy atom. The normalized spacial score (nSPS) is 12.6.